The second kappa shape index (κ2) is 6.08. The first kappa shape index (κ1) is 18.6. The van der Waals surface area contributed by atoms with Crippen LogP contribution in [-0.2, 0) is 5.41 Å². The molecule has 1 aliphatic heterocycles. The largest absolute Gasteiger partial charge is 0.339 e. The number of rotatable bonds is 1. The Morgan fingerprint density at radius 1 is 0.879 bits per heavy atom. The highest BCUT2D eigenvalue weighted by atomic mass is 32.2. The second-order valence-corrected chi connectivity index (χ2v) is 9.13. The number of Topliss-reactive ketones (excluding diaryl/α,β-unsaturated/α-hetero) is 2. The number of H-pyrrole nitrogens is 1. The quantitative estimate of drug-likeness (QED) is 0.335. The van der Waals surface area contributed by atoms with E-state index in [2.05, 4.69) is 15.3 Å². The molecule has 7 heteroatoms. The summed E-state index contributed by atoms with van der Waals surface area (Å²) >= 11 is 1.31. The minimum atomic E-state index is -1.56. The number of nitrogens with zero attached hydrogens (tertiary/aromatic N) is 1. The molecule has 0 amide bonds. The molecule has 3 aliphatic rings. The monoisotopic (exact) mass is 449 g/mol. The number of allylic oxidation sites excluding steroid dienone is 1. The van der Waals surface area contributed by atoms with Crippen LogP contribution in [0.25, 0.3) is 16.5 Å². The molecule has 1 atom stereocenters. The van der Waals surface area contributed by atoms with Gasteiger partial charge in [0.05, 0.1) is 11.3 Å². The van der Waals surface area contributed by atoms with Crippen LogP contribution in [0.2, 0.25) is 0 Å². The number of anilines is 1. The lowest BCUT2D eigenvalue weighted by molar-refractivity contribution is 0.0910. The van der Waals surface area contributed by atoms with E-state index in [1.807, 2.05) is 48.7 Å². The van der Waals surface area contributed by atoms with Crippen LogP contribution in [0.5, 0.6) is 0 Å². The van der Waals surface area contributed by atoms with Crippen molar-refractivity contribution in [2.24, 2.45) is 0 Å². The summed E-state index contributed by atoms with van der Waals surface area (Å²) < 4.78 is 0. The first-order valence-corrected chi connectivity index (χ1v) is 11.7. The maximum absolute atomic E-state index is 14.4. The van der Waals surface area contributed by atoms with Gasteiger partial charge in [-0.15, -0.1) is 0 Å². The van der Waals surface area contributed by atoms with Crippen LogP contribution in [-0.4, -0.2) is 27.8 Å². The smallest absolute Gasteiger partial charge is 0.258 e. The molecule has 158 valence electrons. The van der Waals surface area contributed by atoms with Gasteiger partial charge in [0.2, 0.25) is 0 Å². The molecule has 2 N–H and O–H groups in total. The van der Waals surface area contributed by atoms with Gasteiger partial charge in [0, 0.05) is 22.3 Å². The highest BCUT2D eigenvalue weighted by molar-refractivity contribution is 7.98. The van der Waals surface area contributed by atoms with E-state index in [-0.39, 0.29) is 17.1 Å². The fourth-order valence-corrected chi connectivity index (χ4v) is 6.04. The van der Waals surface area contributed by atoms with Gasteiger partial charge in [-0.3, -0.25) is 14.4 Å². The average molecular weight is 449 g/mol. The van der Waals surface area contributed by atoms with E-state index < -0.39 is 11.0 Å². The normalized spacial score (nSPS) is 19.7. The maximum Gasteiger partial charge on any atom is 0.258 e. The first-order valence-electron chi connectivity index (χ1n) is 10.5. The van der Waals surface area contributed by atoms with Crippen molar-refractivity contribution in [3.05, 3.63) is 104 Å². The third-order valence-electron chi connectivity index (χ3n) is 6.90. The van der Waals surface area contributed by atoms with Gasteiger partial charge in [0.1, 0.15) is 11.2 Å². The number of benzene rings is 3. The lowest BCUT2D eigenvalue weighted by Gasteiger charge is -2.35. The van der Waals surface area contributed by atoms with Crippen molar-refractivity contribution in [2.45, 2.75) is 10.6 Å². The molecule has 0 bridgehead atoms. The number of hydrogen-bond donors (Lipinski definition) is 2. The SMILES string of the molecule is CSc1nc2c(c(=O)[nH]1)C1(C(=O)c3cccc4cccc1c34)C1=C(N2)c2ccccc2C1=O. The molecular formula is C26H15N3O3S. The summed E-state index contributed by atoms with van der Waals surface area (Å²) in [7, 11) is 0. The molecule has 0 radical (unpaired) electrons. The van der Waals surface area contributed by atoms with E-state index in [0.717, 1.165) is 10.8 Å². The van der Waals surface area contributed by atoms with Gasteiger partial charge in [-0.25, -0.2) is 4.98 Å². The summed E-state index contributed by atoms with van der Waals surface area (Å²) in [6.07, 6.45) is 1.82. The summed E-state index contributed by atoms with van der Waals surface area (Å²) in [6, 6.07) is 18.5. The number of fused-ring (bicyclic) bond motifs is 6. The number of thioether (sulfide) groups is 1. The van der Waals surface area contributed by atoms with E-state index in [9.17, 15) is 14.4 Å². The molecule has 4 aromatic rings. The lowest BCUT2D eigenvalue weighted by Crippen LogP contribution is -2.46. The van der Waals surface area contributed by atoms with Crippen molar-refractivity contribution in [3.63, 3.8) is 0 Å². The highest BCUT2D eigenvalue weighted by Gasteiger charge is 2.60. The molecule has 1 unspecified atom stereocenters. The minimum Gasteiger partial charge on any atom is -0.339 e. The molecular weight excluding hydrogens is 434 g/mol. The first-order chi connectivity index (χ1) is 16.1. The Bertz CT molecular complexity index is 1700. The summed E-state index contributed by atoms with van der Waals surface area (Å²) in [5.41, 5.74) is 1.43. The summed E-state index contributed by atoms with van der Waals surface area (Å²) in [5, 5.41) is 5.36. The number of carbonyl (C=O) groups excluding carboxylic acids is 2. The maximum atomic E-state index is 14.4. The second-order valence-electron chi connectivity index (χ2n) is 8.34. The molecule has 33 heavy (non-hydrogen) atoms. The molecule has 2 heterocycles. The van der Waals surface area contributed by atoms with E-state index in [1.54, 1.807) is 18.2 Å². The number of aromatic nitrogens is 2. The van der Waals surface area contributed by atoms with Crippen LogP contribution >= 0.6 is 11.8 Å². The van der Waals surface area contributed by atoms with Crippen molar-refractivity contribution >= 4 is 45.6 Å². The molecule has 3 aromatic carbocycles. The van der Waals surface area contributed by atoms with Crippen LogP contribution in [0.3, 0.4) is 0 Å². The molecule has 1 aromatic heterocycles. The summed E-state index contributed by atoms with van der Waals surface area (Å²) in [5.74, 6) is -0.204. The van der Waals surface area contributed by atoms with Gasteiger partial charge in [-0.1, -0.05) is 72.4 Å². The fraction of sp³-hybridized carbons (Fsp3) is 0.0769. The zero-order valence-electron chi connectivity index (χ0n) is 17.4. The Labute approximate surface area is 191 Å². The van der Waals surface area contributed by atoms with E-state index in [0.29, 0.717) is 44.5 Å². The highest BCUT2D eigenvalue weighted by Crippen LogP contribution is 2.57. The molecule has 7 rings (SSSR count). The Morgan fingerprint density at radius 2 is 1.61 bits per heavy atom. The minimum absolute atomic E-state index is 0.175. The van der Waals surface area contributed by atoms with Crippen molar-refractivity contribution in [1.29, 1.82) is 0 Å². The molecule has 1 spiro atoms. The van der Waals surface area contributed by atoms with Crippen LogP contribution < -0.4 is 10.9 Å². The van der Waals surface area contributed by atoms with Gasteiger partial charge in [-0.2, -0.15) is 0 Å². The van der Waals surface area contributed by atoms with Crippen molar-refractivity contribution in [3.8, 4) is 0 Å². The van der Waals surface area contributed by atoms with Gasteiger partial charge in [0.15, 0.2) is 16.7 Å². The van der Waals surface area contributed by atoms with Crippen LogP contribution in [0.1, 0.15) is 37.4 Å². The van der Waals surface area contributed by atoms with Crippen molar-refractivity contribution in [1.82, 2.24) is 9.97 Å². The molecule has 6 nitrogen and oxygen atoms in total. The fourth-order valence-electron chi connectivity index (χ4n) is 5.66. The van der Waals surface area contributed by atoms with Crippen molar-refractivity contribution < 1.29 is 9.59 Å². The molecule has 0 saturated heterocycles. The van der Waals surface area contributed by atoms with E-state index in [4.69, 9.17) is 0 Å². The standard InChI is InChI=1S/C26H15N3O3S/c1-33-25-28-23-19(24(32)29-25)26(18-20(27-23)13-8-2-3-9-14(13)21(18)30)16-11-5-7-12-6-4-10-15(17(12)16)22(26)31/h2-11H,1H3,(H2,27,28,29,32). The van der Waals surface area contributed by atoms with Crippen LogP contribution in [0.4, 0.5) is 5.82 Å². The van der Waals surface area contributed by atoms with Crippen molar-refractivity contribution in [2.75, 3.05) is 11.6 Å². The molecule has 2 aliphatic carbocycles. The van der Waals surface area contributed by atoms with Gasteiger partial charge >= 0.3 is 0 Å². The third kappa shape index (κ3) is 2.02. The van der Waals surface area contributed by atoms with Crippen LogP contribution in [0, 0.1) is 0 Å². The number of aromatic amines is 1. The Balaban J connectivity index is 1.70. The number of hydrogen-bond acceptors (Lipinski definition) is 6. The summed E-state index contributed by atoms with van der Waals surface area (Å²) in [6.45, 7) is 0. The number of nitrogens with one attached hydrogen (secondary N) is 2. The lowest BCUT2D eigenvalue weighted by atomic mass is 9.66. The van der Waals surface area contributed by atoms with E-state index >= 15 is 0 Å². The Hall–Kier alpha value is -3.97. The topological polar surface area (TPSA) is 91.9 Å². The Morgan fingerprint density at radius 3 is 2.39 bits per heavy atom. The third-order valence-corrected chi connectivity index (χ3v) is 7.48. The van der Waals surface area contributed by atoms with Gasteiger partial charge in [-0.05, 0) is 22.6 Å². The number of ketones is 2. The summed E-state index contributed by atoms with van der Waals surface area (Å²) in [4.78, 5) is 49.2. The average Bonchev–Trinajstić information content (AvgIpc) is 3.26. The van der Waals surface area contributed by atoms with Gasteiger partial charge < -0.3 is 10.3 Å². The van der Waals surface area contributed by atoms with E-state index in [1.165, 1.54) is 11.8 Å². The number of carbonyl (C=O) groups is 2. The van der Waals surface area contributed by atoms with Gasteiger partial charge in [0.25, 0.3) is 5.56 Å². The molecule has 0 saturated carbocycles. The zero-order chi connectivity index (χ0) is 22.5. The Kier molecular flexibility index (Phi) is 3.43. The van der Waals surface area contributed by atoms with Crippen LogP contribution in [0.15, 0.2) is 76.2 Å². The predicted octanol–water partition coefficient (Wildman–Crippen LogP) is 4.16. The molecule has 0 fully saturated rings. The predicted molar refractivity (Wildman–Crippen MR) is 127 cm³/mol. The zero-order valence-corrected chi connectivity index (χ0v) is 18.2.